The average Bonchev–Trinajstić information content (AvgIpc) is 2.54. The number of pyridine rings is 1. The number of aromatic nitrogens is 2. The normalized spacial score (nSPS) is 19.5. The molecular weight excluding hydrogens is 186 g/mol. The molecule has 2 aromatic heterocycles. The number of aliphatic imine (C=N–C) groups is 1. The second kappa shape index (κ2) is 2.92. The lowest BCUT2D eigenvalue weighted by Gasteiger charge is -2.11. The van der Waals surface area contributed by atoms with Crippen molar-refractivity contribution in [3.63, 3.8) is 0 Å². The standard InChI is InChI=1S/C12H13N3/c1-8-6-10-9-4-3-5-13-11(9)15(2)12(10)14-7-8/h3-5,7-8H,6H2,1-2H3. The Bertz CT molecular complexity index is 551. The zero-order valence-electron chi connectivity index (χ0n) is 8.94. The number of hydrogen-bond acceptors (Lipinski definition) is 2. The van der Waals surface area contributed by atoms with Gasteiger partial charge in [-0.15, -0.1) is 0 Å². The molecule has 0 radical (unpaired) electrons. The molecule has 15 heavy (non-hydrogen) atoms. The molecule has 0 saturated heterocycles. The average molecular weight is 199 g/mol. The summed E-state index contributed by atoms with van der Waals surface area (Å²) in [6.07, 6.45) is 4.93. The zero-order chi connectivity index (χ0) is 10.4. The molecule has 0 N–H and O–H groups in total. The molecule has 3 rings (SSSR count). The van der Waals surface area contributed by atoms with Crippen LogP contribution in [0, 0.1) is 5.92 Å². The van der Waals surface area contributed by atoms with Gasteiger partial charge in [0, 0.05) is 30.4 Å². The van der Waals surface area contributed by atoms with E-state index in [0.29, 0.717) is 5.92 Å². The van der Waals surface area contributed by atoms with E-state index in [-0.39, 0.29) is 0 Å². The third kappa shape index (κ3) is 1.12. The van der Waals surface area contributed by atoms with Gasteiger partial charge in [0.05, 0.1) is 0 Å². The summed E-state index contributed by atoms with van der Waals surface area (Å²) in [6.45, 7) is 2.20. The van der Waals surface area contributed by atoms with Gasteiger partial charge in [0.1, 0.15) is 11.5 Å². The first-order chi connectivity index (χ1) is 7.27. The van der Waals surface area contributed by atoms with Gasteiger partial charge in [-0.3, -0.25) is 0 Å². The van der Waals surface area contributed by atoms with Crippen LogP contribution in [-0.4, -0.2) is 15.8 Å². The van der Waals surface area contributed by atoms with E-state index in [4.69, 9.17) is 0 Å². The van der Waals surface area contributed by atoms with E-state index >= 15 is 0 Å². The summed E-state index contributed by atoms with van der Waals surface area (Å²) >= 11 is 0. The van der Waals surface area contributed by atoms with Gasteiger partial charge in [-0.2, -0.15) is 0 Å². The van der Waals surface area contributed by atoms with Crippen molar-refractivity contribution in [2.24, 2.45) is 18.0 Å². The highest BCUT2D eigenvalue weighted by Gasteiger charge is 2.19. The van der Waals surface area contributed by atoms with Crippen LogP contribution in [0.15, 0.2) is 23.3 Å². The minimum absolute atomic E-state index is 0.531. The lowest BCUT2D eigenvalue weighted by Crippen LogP contribution is -2.05. The minimum Gasteiger partial charge on any atom is -0.313 e. The van der Waals surface area contributed by atoms with Crippen molar-refractivity contribution in [3.05, 3.63) is 23.9 Å². The third-order valence-corrected chi connectivity index (χ3v) is 2.99. The monoisotopic (exact) mass is 199 g/mol. The van der Waals surface area contributed by atoms with Crippen LogP contribution in [0.1, 0.15) is 12.5 Å². The molecular formula is C12H13N3. The van der Waals surface area contributed by atoms with E-state index in [1.54, 1.807) is 0 Å². The lowest BCUT2D eigenvalue weighted by molar-refractivity contribution is 0.766. The number of fused-ring (bicyclic) bond motifs is 3. The van der Waals surface area contributed by atoms with E-state index < -0.39 is 0 Å². The van der Waals surface area contributed by atoms with Crippen molar-refractivity contribution < 1.29 is 0 Å². The fourth-order valence-electron chi connectivity index (χ4n) is 2.26. The van der Waals surface area contributed by atoms with Gasteiger partial charge in [-0.05, 0) is 24.5 Å². The van der Waals surface area contributed by atoms with Crippen molar-refractivity contribution in [1.29, 1.82) is 0 Å². The van der Waals surface area contributed by atoms with Gasteiger partial charge in [0.2, 0.25) is 0 Å². The van der Waals surface area contributed by atoms with Crippen LogP contribution in [0.3, 0.4) is 0 Å². The molecule has 76 valence electrons. The highest BCUT2D eigenvalue weighted by atomic mass is 15.1. The van der Waals surface area contributed by atoms with Gasteiger partial charge in [0.15, 0.2) is 0 Å². The molecule has 0 amide bonds. The summed E-state index contributed by atoms with van der Waals surface area (Å²) < 4.78 is 2.08. The van der Waals surface area contributed by atoms with E-state index in [1.807, 2.05) is 25.5 Å². The molecule has 0 bridgehead atoms. The fraction of sp³-hybridized carbons (Fsp3) is 0.333. The highest BCUT2D eigenvalue weighted by Crippen LogP contribution is 2.34. The summed E-state index contributed by atoms with van der Waals surface area (Å²) in [6, 6.07) is 4.13. The Morgan fingerprint density at radius 3 is 3.20 bits per heavy atom. The molecule has 0 aromatic carbocycles. The first-order valence-electron chi connectivity index (χ1n) is 5.24. The van der Waals surface area contributed by atoms with Crippen LogP contribution in [0.5, 0.6) is 0 Å². The smallest absolute Gasteiger partial charge is 0.141 e. The van der Waals surface area contributed by atoms with Gasteiger partial charge < -0.3 is 4.57 Å². The molecule has 0 aliphatic carbocycles. The number of aryl methyl sites for hydroxylation is 1. The molecule has 1 unspecified atom stereocenters. The zero-order valence-corrected chi connectivity index (χ0v) is 8.94. The first-order valence-corrected chi connectivity index (χ1v) is 5.24. The van der Waals surface area contributed by atoms with Crippen LogP contribution >= 0.6 is 0 Å². The van der Waals surface area contributed by atoms with Crippen molar-refractivity contribution in [2.75, 3.05) is 0 Å². The molecule has 0 saturated carbocycles. The van der Waals surface area contributed by atoms with E-state index in [1.165, 1.54) is 10.9 Å². The lowest BCUT2D eigenvalue weighted by atomic mass is 9.99. The molecule has 1 aliphatic heterocycles. The van der Waals surface area contributed by atoms with Crippen LogP contribution in [0.2, 0.25) is 0 Å². The van der Waals surface area contributed by atoms with Crippen molar-refractivity contribution in [2.45, 2.75) is 13.3 Å². The SMILES string of the molecule is CC1C=Nc2c(c3cccnc3n2C)C1. The Morgan fingerprint density at radius 2 is 2.33 bits per heavy atom. The van der Waals surface area contributed by atoms with Crippen LogP contribution in [0.4, 0.5) is 5.82 Å². The van der Waals surface area contributed by atoms with Gasteiger partial charge in [0.25, 0.3) is 0 Å². The summed E-state index contributed by atoms with van der Waals surface area (Å²) in [5.41, 5.74) is 2.38. The highest BCUT2D eigenvalue weighted by molar-refractivity contribution is 5.89. The Balaban J connectivity index is 2.39. The van der Waals surface area contributed by atoms with Crippen LogP contribution in [0.25, 0.3) is 11.0 Å². The van der Waals surface area contributed by atoms with Crippen molar-refractivity contribution >= 4 is 23.1 Å². The fourth-order valence-corrected chi connectivity index (χ4v) is 2.26. The van der Waals surface area contributed by atoms with Crippen LogP contribution in [-0.2, 0) is 13.5 Å². The summed E-state index contributed by atoms with van der Waals surface area (Å²) in [7, 11) is 2.03. The molecule has 2 aromatic rings. The maximum atomic E-state index is 4.51. The number of hydrogen-bond donors (Lipinski definition) is 0. The molecule has 3 heteroatoms. The predicted octanol–water partition coefficient (Wildman–Crippen LogP) is 2.47. The molecule has 0 fully saturated rings. The van der Waals surface area contributed by atoms with Crippen molar-refractivity contribution in [3.8, 4) is 0 Å². The topological polar surface area (TPSA) is 30.2 Å². The Kier molecular flexibility index (Phi) is 1.69. The van der Waals surface area contributed by atoms with Crippen molar-refractivity contribution in [1.82, 2.24) is 9.55 Å². The van der Waals surface area contributed by atoms with Gasteiger partial charge >= 0.3 is 0 Å². The molecule has 3 nitrogen and oxygen atoms in total. The maximum absolute atomic E-state index is 4.51. The quantitative estimate of drug-likeness (QED) is 0.641. The second-order valence-electron chi connectivity index (χ2n) is 4.20. The molecule has 0 spiro atoms. The Morgan fingerprint density at radius 1 is 1.47 bits per heavy atom. The Labute approximate surface area is 88.5 Å². The predicted molar refractivity (Wildman–Crippen MR) is 61.7 cm³/mol. The van der Waals surface area contributed by atoms with Gasteiger partial charge in [-0.25, -0.2) is 9.98 Å². The molecule has 1 aliphatic rings. The maximum Gasteiger partial charge on any atom is 0.141 e. The summed E-state index contributed by atoms with van der Waals surface area (Å²) in [4.78, 5) is 8.91. The first kappa shape index (κ1) is 8.65. The van der Waals surface area contributed by atoms with E-state index in [9.17, 15) is 0 Å². The number of rotatable bonds is 0. The second-order valence-corrected chi connectivity index (χ2v) is 4.20. The van der Waals surface area contributed by atoms with Gasteiger partial charge in [-0.1, -0.05) is 6.92 Å². The minimum atomic E-state index is 0.531. The Hall–Kier alpha value is -1.64. The number of nitrogens with zero attached hydrogens (tertiary/aromatic N) is 3. The molecule has 1 atom stereocenters. The largest absolute Gasteiger partial charge is 0.313 e. The summed E-state index contributed by atoms with van der Waals surface area (Å²) in [5.74, 6) is 1.60. The third-order valence-electron chi connectivity index (χ3n) is 2.99. The van der Waals surface area contributed by atoms with E-state index in [2.05, 4.69) is 27.5 Å². The molecule has 3 heterocycles. The van der Waals surface area contributed by atoms with Crippen LogP contribution < -0.4 is 0 Å². The van der Waals surface area contributed by atoms with E-state index in [0.717, 1.165) is 17.9 Å². The summed E-state index contributed by atoms with van der Waals surface area (Å²) in [5, 5.41) is 1.25.